The molecule has 1 N–H and O–H groups in total. The second-order valence-corrected chi connectivity index (χ2v) is 5.22. The van der Waals surface area contributed by atoms with Gasteiger partial charge < -0.3 is 14.1 Å². The van der Waals surface area contributed by atoms with Gasteiger partial charge in [-0.25, -0.2) is 9.78 Å². The lowest BCUT2D eigenvalue weighted by atomic mass is 10.0. The largest absolute Gasteiger partial charge is 0.463 e. The van der Waals surface area contributed by atoms with Gasteiger partial charge in [-0.05, 0) is 25.5 Å². The highest BCUT2D eigenvalue weighted by Crippen LogP contribution is 2.30. The number of hydrogen-bond acceptors (Lipinski definition) is 5. The van der Waals surface area contributed by atoms with E-state index >= 15 is 0 Å². The van der Waals surface area contributed by atoms with Crippen LogP contribution >= 0.6 is 0 Å². The van der Waals surface area contributed by atoms with Crippen molar-refractivity contribution in [3.05, 3.63) is 41.9 Å². The molecule has 0 amide bonds. The normalized spacial score (nSPS) is 19.6. The fourth-order valence-electron chi connectivity index (χ4n) is 2.90. The first-order chi connectivity index (χ1) is 10.3. The average molecular weight is 289 g/mol. The predicted octanol–water partition coefficient (Wildman–Crippen LogP) is 2.52. The lowest BCUT2D eigenvalue weighted by Gasteiger charge is -2.34. The van der Waals surface area contributed by atoms with Crippen molar-refractivity contribution in [1.82, 2.24) is 14.9 Å². The Bertz CT molecular complexity index is 591. The van der Waals surface area contributed by atoms with E-state index in [1.165, 1.54) is 19.8 Å². The molecule has 6 heteroatoms. The lowest BCUT2D eigenvalue weighted by molar-refractivity contribution is 0.0559. The molecular formula is C15H19N3O3. The van der Waals surface area contributed by atoms with Crippen LogP contribution in [0.15, 0.2) is 29.1 Å². The first kappa shape index (κ1) is 13.9. The van der Waals surface area contributed by atoms with Crippen molar-refractivity contribution < 1.29 is 13.9 Å². The monoisotopic (exact) mass is 289 g/mol. The number of rotatable bonds is 4. The van der Waals surface area contributed by atoms with E-state index in [1.54, 1.807) is 6.20 Å². The first-order valence-corrected chi connectivity index (χ1v) is 7.17. The number of ether oxygens (including phenoxy) is 1. The Morgan fingerprint density at radius 2 is 2.48 bits per heavy atom. The number of likely N-dealkylation sites (tertiary alicyclic amines) is 1. The Labute approximate surface area is 123 Å². The van der Waals surface area contributed by atoms with Crippen LogP contribution in [-0.2, 0) is 11.3 Å². The molecular weight excluding hydrogens is 270 g/mol. The maximum Gasteiger partial charge on any atom is 0.374 e. The van der Waals surface area contributed by atoms with Crippen molar-refractivity contribution in [3.63, 3.8) is 0 Å². The van der Waals surface area contributed by atoms with Crippen LogP contribution in [0.5, 0.6) is 0 Å². The molecule has 0 aromatic carbocycles. The molecule has 112 valence electrons. The van der Waals surface area contributed by atoms with Crippen molar-refractivity contribution in [2.24, 2.45) is 0 Å². The lowest BCUT2D eigenvalue weighted by Crippen LogP contribution is -2.33. The van der Waals surface area contributed by atoms with Crippen LogP contribution in [-0.4, -0.2) is 34.5 Å². The molecule has 0 radical (unpaired) electrons. The Morgan fingerprint density at radius 1 is 1.57 bits per heavy atom. The number of H-pyrrole nitrogens is 1. The SMILES string of the molecule is COC(=O)c1occc1CN1CCCCC1c1ncc[nH]1. The zero-order valence-corrected chi connectivity index (χ0v) is 12.0. The van der Waals surface area contributed by atoms with E-state index in [0.29, 0.717) is 12.3 Å². The van der Waals surface area contributed by atoms with Crippen molar-refractivity contribution in [1.29, 1.82) is 0 Å². The van der Waals surface area contributed by atoms with Crippen LogP contribution in [0, 0.1) is 0 Å². The van der Waals surface area contributed by atoms with E-state index in [0.717, 1.165) is 30.8 Å². The number of carbonyl (C=O) groups excluding carboxylic acids is 1. The van der Waals surface area contributed by atoms with Gasteiger partial charge in [0.1, 0.15) is 5.82 Å². The van der Waals surface area contributed by atoms with E-state index in [2.05, 4.69) is 14.9 Å². The van der Waals surface area contributed by atoms with E-state index in [9.17, 15) is 4.79 Å². The molecule has 1 unspecified atom stereocenters. The number of esters is 1. The fraction of sp³-hybridized carbons (Fsp3) is 0.467. The minimum absolute atomic E-state index is 0.258. The summed E-state index contributed by atoms with van der Waals surface area (Å²) >= 11 is 0. The van der Waals surface area contributed by atoms with Gasteiger partial charge in [-0.3, -0.25) is 4.90 Å². The molecule has 6 nitrogen and oxygen atoms in total. The summed E-state index contributed by atoms with van der Waals surface area (Å²) in [7, 11) is 1.36. The van der Waals surface area contributed by atoms with Crippen LogP contribution in [0.2, 0.25) is 0 Å². The van der Waals surface area contributed by atoms with E-state index in [4.69, 9.17) is 9.15 Å². The molecule has 0 spiro atoms. The number of piperidine rings is 1. The number of aromatic nitrogens is 2. The number of furan rings is 1. The molecule has 3 heterocycles. The van der Waals surface area contributed by atoms with Crippen molar-refractivity contribution in [2.75, 3.05) is 13.7 Å². The molecule has 0 bridgehead atoms. The topological polar surface area (TPSA) is 71.4 Å². The molecule has 1 fully saturated rings. The number of hydrogen-bond donors (Lipinski definition) is 1. The third-order valence-electron chi connectivity index (χ3n) is 3.94. The summed E-state index contributed by atoms with van der Waals surface area (Å²) < 4.78 is 10.0. The van der Waals surface area contributed by atoms with Gasteiger partial charge in [-0.2, -0.15) is 0 Å². The smallest absolute Gasteiger partial charge is 0.374 e. The number of nitrogens with one attached hydrogen (secondary N) is 1. The van der Waals surface area contributed by atoms with Crippen molar-refractivity contribution >= 4 is 5.97 Å². The van der Waals surface area contributed by atoms with Gasteiger partial charge >= 0.3 is 5.97 Å². The zero-order chi connectivity index (χ0) is 14.7. The summed E-state index contributed by atoms with van der Waals surface area (Å²) in [5.74, 6) is 0.848. The van der Waals surface area contributed by atoms with Crippen molar-refractivity contribution in [2.45, 2.75) is 31.8 Å². The van der Waals surface area contributed by atoms with E-state index < -0.39 is 5.97 Å². The molecule has 1 saturated heterocycles. The average Bonchev–Trinajstić information content (AvgIpc) is 3.18. The van der Waals surface area contributed by atoms with Crippen LogP contribution in [0.4, 0.5) is 0 Å². The van der Waals surface area contributed by atoms with E-state index in [-0.39, 0.29) is 6.04 Å². The Kier molecular flexibility index (Phi) is 4.06. The minimum Gasteiger partial charge on any atom is -0.463 e. The number of methoxy groups -OCH3 is 1. The zero-order valence-electron chi connectivity index (χ0n) is 12.0. The number of imidazole rings is 1. The highest BCUT2D eigenvalue weighted by atomic mass is 16.5. The van der Waals surface area contributed by atoms with Gasteiger partial charge in [0.2, 0.25) is 5.76 Å². The van der Waals surface area contributed by atoms with Crippen molar-refractivity contribution in [3.8, 4) is 0 Å². The van der Waals surface area contributed by atoms with Crippen LogP contribution < -0.4 is 0 Å². The summed E-state index contributed by atoms with van der Waals surface area (Å²) in [6, 6.07) is 2.09. The summed E-state index contributed by atoms with van der Waals surface area (Å²) in [5, 5.41) is 0. The molecule has 3 rings (SSSR count). The maximum atomic E-state index is 11.7. The Balaban J connectivity index is 1.79. The minimum atomic E-state index is -0.429. The third-order valence-corrected chi connectivity index (χ3v) is 3.94. The highest BCUT2D eigenvalue weighted by Gasteiger charge is 2.27. The Hall–Kier alpha value is -2.08. The van der Waals surface area contributed by atoms with Crippen LogP contribution in [0.1, 0.15) is 47.2 Å². The summed E-state index contributed by atoms with van der Waals surface area (Å²) in [5.41, 5.74) is 0.861. The molecule has 2 aromatic rings. The van der Waals surface area contributed by atoms with Gasteiger partial charge in [-0.15, -0.1) is 0 Å². The molecule has 1 aliphatic rings. The van der Waals surface area contributed by atoms with Crippen LogP contribution in [0.25, 0.3) is 0 Å². The predicted molar refractivity (Wildman–Crippen MR) is 75.6 cm³/mol. The molecule has 0 aliphatic carbocycles. The molecule has 1 aliphatic heterocycles. The molecule has 0 saturated carbocycles. The summed E-state index contributed by atoms with van der Waals surface area (Å²) in [6.45, 7) is 1.64. The quantitative estimate of drug-likeness (QED) is 0.876. The Morgan fingerprint density at radius 3 is 3.24 bits per heavy atom. The molecule has 1 atom stereocenters. The number of carbonyl (C=O) groups is 1. The first-order valence-electron chi connectivity index (χ1n) is 7.17. The van der Waals surface area contributed by atoms with Gasteiger partial charge in [0.25, 0.3) is 0 Å². The van der Waals surface area contributed by atoms with E-state index in [1.807, 2.05) is 12.3 Å². The number of aromatic amines is 1. The standard InChI is InChI=1S/C15H19N3O3/c1-20-15(19)13-11(5-9-21-13)10-18-8-3-2-4-12(18)14-16-6-7-17-14/h5-7,9,12H,2-4,8,10H2,1H3,(H,16,17). The molecule has 21 heavy (non-hydrogen) atoms. The van der Waals surface area contributed by atoms with Crippen LogP contribution in [0.3, 0.4) is 0 Å². The fourth-order valence-corrected chi connectivity index (χ4v) is 2.90. The highest BCUT2D eigenvalue weighted by molar-refractivity contribution is 5.87. The van der Waals surface area contributed by atoms with Gasteiger partial charge in [0.15, 0.2) is 0 Å². The summed E-state index contributed by atoms with van der Waals surface area (Å²) in [4.78, 5) is 21.6. The van der Waals surface area contributed by atoms with Gasteiger partial charge in [0, 0.05) is 24.5 Å². The molecule has 2 aromatic heterocycles. The maximum absolute atomic E-state index is 11.7. The number of nitrogens with zero attached hydrogens (tertiary/aromatic N) is 2. The second kappa shape index (κ2) is 6.13. The second-order valence-electron chi connectivity index (χ2n) is 5.22. The van der Waals surface area contributed by atoms with Gasteiger partial charge in [0.05, 0.1) is 19.4 Å². The van der Waals surface area contributed by atoms with Gasteiger partial charge in [-0.1, -0.05) is 6.42 Å². The third kappa shape index (κ3) is 2.85. The summed E-state index contributed by atoms with van der Waals surface area (Å²) in [6.07, 6.45) is 8.58.